The highest BCUT2D eigenvalue weighted by atomic mass is 19.4. The lowest BCUT2D eigenvalue weighted by Gasteiger charge is -2.37. The Hall–Kier alpha value is -0.290. The number of ether oxygens (including phenoxy) is 1. The van der Waals surface area contributed by atoms with E-state index >= 15 is 0 Å². The highest BCUT2D eigenvalue weighted by molar-refractivity contribution is 4.89. The van der Waals surface area contributed by atoms with Crippen LogP contribution in [0.25, 0.3) is 0 Å². The second-order valence-electron chi connectivity index (χ2n) is 5.34. The fraction of sp³-hybridized carbons (Fsp3) is 1.00. The van der Waals surface area contributed by atoms with E-state index in [1.54, 1.807) is 0 Å². The van der Waals surface area contributed by atoms with Gasteiger partial charge in [-0.15, -0.1) is 0 Å². The van der Waals surface area contributed by atoms with Crippen LogP contribution in [-0.2, 0) is 4.74 Å². The fourth-order valence-electron chi connectivity index (χ4n) is 2.64. The summed E-state index contributed by atoms with van der Waals surface area (Å²) in [6.07, 6.45) is 1.45. The van der Waals surface area contributed by atoms with Gasteiger partial charge in [-0.2, -0.15) is 13.2 Å². The van der Waals surface area contributed by atoms with E-state index < -0.39 is 12.8 Å². The first kappa shape index (κ1) is 14.8. The van der Waals surface area contributed by atoms with Crippen LogP contribution in [0.5, 0.6) is 0 Å². The van der Waals surface area contributed by atoms with E-state index in [9.17, 15) is 13.2 Å². The standard InChI is InChI=1S/C12H22F3NO/c1-10-4-2-5-11(16,8-10)6-3-7-17-9-12(13,14)15/h10H,2-9,16H2,1H3. The molecule has 2 atom stereocenters. The van der Waals surface area contributed by atoms with E-state index in [1.807, 2.05) is 0 Å². The van der Waals surface area contributed by atoms with Crippen molar-refractivity contribution in [1.82, 2.24) is 0 Å². The van der Waals surface area contributed by atoms with Gasteiger partial charge in [0.2, 0.25) is 0 Å². The SMILES string of the molecule is CC1CCCC(N)(CCCOCC(F)(F)F)C1. The lowest BCUT2D eigenvalue weighted by molar-refractivity contribution is -0.174. The van der Waals surface area contributed by atoms with Crippen LogP contribution in [-0.4, -0.2) is 24.9 Å². The first-order valence-corrected chi connectivity index (χ1v) is 6.24. The molecular weight excluding hydrogens is 231 g/mol. The highest BCUT2D eigenvalue weighted by Gasteiger charge is 2.31. The lowest BCUT2D eigenvalue weighted by Crippen LogP contribution is -2.44. The van der Waals surface area contributed by atoms with E-state index in [4.69, 9.17) is 5.73 Å². The molecule has 0 bridgehead atoms. The third-order valence-electron chi connectivity index (χ3n) is 3.36. The summed E-state index contributed by atoms with van der Waals surface area (Å²) in [5, 5.41) is 0. The quantitative estimate of drug-likeness (QED) is 0.763. The van der Waals surface area contributed by atoms with Crippen molar-refractivity contribution in [3.05, 3.63) is 0 Å². The molecule has 2 nitrogen and oxygen atoms in total. The van der Waals surface area contributed by atoms with Crippen molar-refractivity contribution < 1.29 is 17.9 Å². The number of hydrogen-bond donors (Lipinski definition) is 1. The van der Waals surface area contributed by atoms with Gasteiger partial charge in [-0.3, -0.25) is 0 Å². The molecule has 1 aliphatic carbocycles. The minimum absolute atomic E-state index is 0.146. The number of halogens is 3. The van der Waals surface area contributed by atoms with Crippen molar-refractivity contribution in [3.8, 4) is 0 Å². The molecule has 0 spiro atoms. The Kier molecular flexibility index (Phi) is 5.25. The molecule has 0 amide bonds. The monoisotopic (exact) mass is 253 g/mol. The van der Waals surface area contributed by atoms with E-state index in [0.717, 1.165) is 25.7 Å². The van der Waals surface area contributed by atoms with Gasteiger partial charge in [0.15, 0.2) is 0 Å². The van der Waals surface area contributed by atoms with Crippen LogP contribution in [0.15, 0.2) is 0 Å². The third kappa shape index (κ3) is 6.27. The molecule has 17 heavy (non-hydrogen) atoms. The lowest BCUT2D eigenvalue weighted by atomic mass is 9.75. The third-order valence-corrected chi connectivity index (χ3v) is 3.36. The summed E-state index contributed by atoms with van der Waals surface area (Å²) < 4.78 is 40.0. The molecule has 2 unspecified atom stereocenters. The second-order valence-corrected chi connectivity index (χ2v) is 5.34. The van der Waals surface area contributed by atoms with Gasteiger partial charge in [0.1, 0.15) is 6.61 Å². The average Bonchev–Trinajstić information content (AvgIpc) is 2.14. The number of nitrogens with two attached hydrogens (primary N) is 1. The summed E-state index contributed by atoms with van der Waals surface area (Å²) in [5.41, 5.74) is 6.06. The predicted octanol–water partition coefficient (Wildman–Crippen LogP) is 3.25. The number of alkyl halides is 3. The summed E-state index contributed by atoms with van der Waals surface area (Å²) in [6, 6.07) is 0. The normalized spacial score (nSPS) is 30.5. The Bertz CT molecular complexity index is 232. The number of hydrogen-bond acceptors (Lipinski definition) is 2. The molecule has 102 valence electrons. The van der Waals surface area contributed by atoms with Crippen LogP contribution in [0.4, 0.5) is 13.2 Å². The second kappa shape index (κ2) is 6.05. The molecule has 0 saturated heterocycles. The van der Waals surface area contributed by atoms with E-state index in [1.165, 1.54) is 6.42 Å². The first-order valence-electron chi connectivity index (χ1n) is 6.24. The molecule has 0 aromatic carbocycles. The van der Waals surface area contributed by atoms with Crippen LogP contribution >= 0.6 is 0 Å². The highest BCUT2D eigenvalue weighted by Crippen LogP contribution is 2.33. The molecule has 1 fully saturated rings. The van der Waals surface area contributed by atoms with Gasteiger partial charge in [0.05, 0.1) is 0 Å². The molecule has 1 saturated carbocycles. The van der Waals surface area contributed by atoms with Crippen molar-refractivity contribution in [2.24, 2.45) is 11.7 Å². The van der Waals surface area contributed by atoms with Crippen LogP contribution in [0.1, 0.15) is 45.4 Å². The maximum Gasteiger partial charge on any atom is 0.411 e. The average molecular weight is 253 g/mol. The summed E-state index contributed by atoms with van der Waals surface area (Å²) >= 11 is 0. The molecule has 0 aromatic heterocycles. The van der Waals surface area contributed by atoms with Gasteiger partial charge in [-0.05, 0) is 31.6 Å². The molecule has 0 radical (unpaired) electrons. The van der Waals surface area contributed by atoms with Gasteiger partial charge < -0.3 is 10.5 Å². The van der Waals surface area contributed by atoms with Crippen LogP contribution in [0.3, 0.4) is 0 Å². The molecule has 1 rings (SSSR count). The van der Waals surface area contributed by atoms with Crippen LogP contribution in [0, 0.1) is 5.92 Å². The van der Waals surface area contributed by atoms with Gasteiger partial charge in [0, 0.05) is 12.1 Å². The zero-order chi connectivity index (χ0) is 12.9. The largest absolute Gasteiger partial charge is 0.411 e. The van der Waals surface area contributed by atoms with Crippen molar-refractivity contribution in [2.45, 2.75) is 57.2 Å². The van der Waals surface area contributed by atoms with Gasteiger partial charge in [-0.25, -0.2) is 0 Å². The Labute approximate surface area is 101 Å². The van der Waals surface area contributed by atoms with Gasteiger partial charge in [0.25, 0.3) is 0 Å². The van der Waals surface area contributed by atoms with Crippen molar-refractivity contribution >= 4 is 0 Å². The Morgan fingerprint density at radius 2 is 2.12 bits per heavy atom. The summed E-state index contributed by atoms with van der Waals surface area (Å²) in [5.74, 6) is 0.629. The van der Waals surface area contributed by atoms with E-state index in [2.05, 4.69) is 11.7 Å². The van der Waals surface area contributed by atoms with Gasteiger partial charge >= 0.3 is 6.18 Å². The van der Waals surface area contributed by atoms with Crippen molar-refractivity contribution in [2.75, 3.05) is 13.2 Å². The zero-order valence-electron chi connectivity index (χ0n) is 10.4. The predicted molar refractivity (Wildman–Crippen MR) is 60.7 cm³/mol. The summed E-state index contributed by atoms with van der Waals surface area (Å²) in [4.78, 5) is 0. The first-order chi connectivity index (χ1) is 7.81. The molecule has 2 N–H and O–H groups in total. The smallest absolute Gasteiger partial charge is 0.372 e. The summed E-state index contributed by atoms with van der Waals surface area (Å²) in [6.45, 7) is 1.18. The Morgan fingerprint density at radius 1 is 1.41 bits per heavy atom. The fourth-order valence-corrected chi connectivity index (χ4v) is 2.64. The minimum atomic E-state index is -4.22. The van der Waals surface area contributed by atoms with Gasteiger partial charge in [-0.1, -0.05) is 19.8 Å². The van der Waals surface area contributed by atoms with Crippen molar-refractivity contribution in [3.63, 3.8) is 0 Å². The zero-order valence-corrected chi connectivity index (χ0v) is 10.4. The maximum absolute atomic E-state index is 11.8. The maximum atomic E-state index is 11.8. The molecule has 1 aliphatic rings. The van der Waals surface area contributed by atoms with E-state index in [-0.39, 0.29) is 12.1 Å². The molecular formula is C12H22F3NO. The molecule has 0 aliphatic heterocycles. The van der Waals surface area contributed by atoms with Crippen LogP contribution in [0.2, 0.25) is 0 Å². The Balaban J connectivity index is 2.13. The van der Waals surface area contributed by atoms with Crippen molar-refractivity contribution in [1.29, 1.82) is 0 Å². The Morgan fingerprint density at radius 3 is 2.71 bits per heavy atom. The molecule has 0 heterocycles. The topological polar surface area (TPSA) is 35.2 Å². The minimum Gasteiger partial charge on any atom is -0.372 e. The molecule has 0 aromatic rings. The van der Waals surface area contributed by atoms with E-state index in [0.29, 0.717) is 12.3 Å². The van der Waals surface area contributed by atoms with Crippen LogP contribution < -0.4 is 5.73 Å². The summed E-state index contributed by atoms with van der Waals surface area (Å²) in [7, 11) is 0. The molecule has 5 heteroatoms. The number of rotatable bonds is 5.